The third-order valence-corrected chi connectivity index (χ3v) is 7.58. The van der Waals surface area contributed by atoms with E-state index in [9.17, 15) is 0 Å². The van der Waals surface area contributed by atoms with Gasteiger partial charge in [0, 0.05) is 5.33 Å². The van der Waals surface area contributed by atoms with Crippen molar-refractivity contribution in [3.63, 3.8) is 0 Å². The Labute approximate surface area is 114 Å². The standard InChI is InChI=1S/C15H17BrS/c1-17(13-12-16,14-8-4-2-5-9-14)15-10-6-3-7-11-15/h2-11H,12-13H2,1H3. The van der Waals surface area contributed by atoms with Crippen LogP contribution in [0.5, 0.6) is 0 Å². The van der Waals surface area contributed by atoms with E-state index < -0.39 is 10.0 Å². The fourth-order valence-electron chi connectivity index (χ4n) is 1.97. The van der Waals surface area contributed by atoms with E-state index in [0.29, 0.717) is 0 Å². The van der Waals surface area contributed by atoms with Crippen LogP contribution in [0.3, 0.4) is 0 Å². The van der Waals surface area contributed by atoms with E-state index in [2.05, 4.69) is 82.8 Å². The van der Waals surface area contributed by atoms with Crippen LogP contribution in [0.15, 0.2) is 70.5 Å². The molecule has 2 heteroatoms. The normalized spacial score (nSPS) is 12.4. The summed E-state index contributed by atoms with van der Waals surface area (Å²) >= 11 is 3.60. The largest absolute Gasteiger partial charge is 0.190 e. The molecule has 2 aromatic rings. The lowest BCUT2D eigenvalue weighted by Gasteiger charge is -2.36. The summed E-state index contributed by atoms with van der Waals surface area (Å²) in [5.41, 5.74) is 0. The van der Waals surface area contributed by atoms with Crippen molar-refractivity contribution in [2.75, 3.05) is 17.3 Å². The molecule has 0 spiro atoms. The average Bonchev–Trinajstić information content (AvgIpc) is 2.41. The Kier molecular flexibility index (Phi) is 4.30. The predicted molar refractivity (Wildman–Crippen MR) is 81.6 cm³/mol. The minimum Gasteiger partial charge on any atom is -0.190 e. The van der Waals surface area contributed by atoms with Crippen molar-refractivity contribution in [1.82, 2.24) is 0 Å². The molecular formula is C15H17BrS. The van der Waals surface area contributed by atoms with Crippen molar-refractivity contribution in [2.45, 2.75) is 9.79 Å². The maximum absolute atomic E-state index is 3.60. The number of rotatable bonds is 4. The summed E-state index contributed by atoms with van der Waals surface area (Å²) in [4.78, 5) is 2.93. The summed E-state index contributed by atoms with van der Waals surface area (Å²) in [7, 11) is -0.893. The molecule has 0 N–H and O–H groups in total. The minimum atomic E-state index is -0.893. The molecule has 0 amide bonds. The first-order valence-electron chi connectivity index (χ1n) is 5.69. The van der Waals surface area contributed by atoms with Gasteiger partial charge in [0.2, 0.25) is 0 Å². The van der Waals surface area contributed by atoms with Gasteiger partial charge in [-0.3, -0.25) is 0 Å². The maximum Gasteiger partial charge on any atom is 0.0114 e. The fraction of sp³-hybridized carbons (Fsp3) is 0.200. The lowest BCUT2D eigenvalue weighted by atomic mass is 10.4. The fourth-order valence-corrected chi connectivity index (χ4v) is 6.48. The smallest absolute Gasteiger partial charge is 0.0114 e. The molecule has 0 radical (unpaired) electrons. The Balaban J connectivity index is 2.47. The minimum absolute atomic E-state index is 0.893. The van der Waals surface area contributed by atoms with Crippen LogP contribution in [-0.2, 0) is 0 Å². The number of hydrogen-bond acceptors (Lipinski definition) is 0. The van der Waals surface area contributed by atoms with Gasteiger partial charge >= 0.3 is 0 Å². The summed E-state index contributed by atoms with van der Waals surface area (Å²) < 4.78 is 0. The van der Waals surface area contributed by atoms with Crippen LogP contribution in [0.4, 0.5) is 0 Å². The molecule has 0 heterocycles. The van der Waals surface area contributed by atoms with Gasteiger partial charge in [-0.15, -0.1) is 0 Å². The van der Waals surface area contributed by atoms with E-state index in [1.54, 1.807) is 0 Å². The molecule has 0 aliphatic heterocycles. The zero-order chi connectivity index (χ0) is 12.1. The zero-order valence-electron chi connectivity index (χ0n) is 9.97. The van der Waals surface area contributed by atoms with E-state index >= 15 is 0 Å². The second-order valence-corrected chi connectivity index (χ2v) is 8.43. The van der Waals surface area contributed by atoms with Crippen molar-refractivity contribution in [3.05, 3.63) is 60.7 Å². The number of hydrogen-bond donors (Lipinski definition) is 0. The molecule has 0 aliphatic carbocycles. The molecule has 0 aromatic heterocycles. The Morgan fingerprint density at radius 2 is 1.24 bits per heavy atom. The van der Waals surface area contributed by atoms with Gasteiger partial charge in [0.25, 0.3) is 0 Å². The summed E-state index contributed by atoms with van der Waals surface area (Å²) in [6.45, 7) is 0. The monoisotopic (exact) mass is 308 g/mol. The van der Waals surface area contributed by atoms with Crippen LogP contribution in [0, 0.1) is 0 Å². The van der Waals surface area contributed by atoms with Gasteiger partial charge in [-0.25, -0.2) is 0 Å². The first-order chi connectivity index (χ1) is 8.27. The van der Waals surface area contributed by atoms with Crippen LogP contribution in [0.25, 0.3) is 0 Å². The van der Waals surface area contributed by atoms with Crippen LogP contribution in [0.2, 0.25) is 0 Å². The molecule has 0 nitrogen and oxygen atoms in total. The van der Waals surface area contributed by atoms with Gasteiger partial charge in [0.15, 0.2) is 0 Å². The van der Waals surface area contributed by atoms with Gasteiger partial charge < -0.3 is 0 Å². The van der Waals surface area contributed by atoms with Gasteiger partial charge in [-0.1, -0.05) is 52.3 Å². The highest BCUT2D eigenvalue weighted by atomic mass is 79.9. The van der Waals surface area contributed by atoms with Gasteiger partial charge in [-0.05, 0) is 46.1 Å². The molecular weight excluding hydrogens is 292 g/mol. The topological polar surface area (TPSA) is 0 Å². The molecule has 0 saturated carbocycles. The summed E-state index contributed by atoms with van der Waals surface area (Å²) in [5, 5.41) is 1.04. The highest BCUT2D eigenvalue weighted by molar-refractivity contribution is 9.09. The summed E-state index contributed by atoms with van der Waals surface area (Å²) in [6.07, 6.45) is 2.40. The molecule has 0 atom stereocenters. The van der Waals surface area contributed by atoms with E-state index in [1.807, 2.05) is 0 Å². The summed E-state index contributed by atoms with van der Waals surface area (Å²) in [5.74, 6) is 1.18. The summed E-state index contributed by atoms with van der Waals surface area (Å²) in [6, 6.07) is 21.7. The highest BCUT2D eigenvalue weighted by Crippen LogP contribution is 2.59. The first-order valence-corrected chi connectivity index (χ1v) is 9.03. The molecule has 0 aliphatic rings. The Bertz CT molecular complexity index is 413. The number of benzene rings is 2. The van der Waals surface area contributed by atoms with Crippen LogP contribution < -0.4 is 0 Å². The van der Waals surface area contributed by atoms with Gasteiger partial charge in [0.1, 0.15) is 0 Å². The lowest BCUT2D eigenvalue weighted by Crippen LogP contribution is -2.06. The lowest BCUT2D eigenvalue weighted by molar-refractivity contribution is 1.32. The van der Waals surface area contributed by atoms with Crippen molar-refractivity contribution < 1.29 is 0 Å². The van der Waals surface area contributed by atoms with E-state index in [0.717, 1.165) is 5.33 Å². The zero-order valence-corrected chi connectivity index (χ0v) is 12.4. The van der Waals surface area contributed by atoms with Crippen LogP contribution >= 0.6 is 26.0 Å². The third-order valence-electron chi connectivity index (χ3n) is 3.01. The quantitative estimate of drug-likeness (QED) is 0.702. The SMILES string of the molecule is CS(CCBr)(c1ccccc1)c1ccccc1. The number of halogens is 1. The molecule has 2 aromatic carbocycles. The Morgan fingerprint density at radius 3 is 1.59 bits per heavy atom. The third kappa shape index (κ3) is 2.75. The molecule has 0 unspecified atom stereocenters. The Hall–Kier alpha value is -0.730. The van der Waals surface area contributed by atoms with Crippen molar-refractivity contribution in [3.8, 4) is 0 Å². The highest BCUT2D eigenvalue weighted by Gasteiger charge is 2.21. The van der Waals surface area contributed by atoms with E-state index in [1.165, 1.54) is 15.5 Å². The predicted octanol–water partition coefficient (Wildman–Crippen LogP) is 4.93. The second-order valence-electron chi connectivity index (χ2n) is 4.11. The molecule has 2 rings (SSSR count). The molecule has 90 valence electrons. The molecule has 0 fully saturated rings. The van der Waals surface area contributed by atoms with Crippen LogP contribution in [-0.4, -0.2) is 17.3 Å². The van der Waals surface area contributed by atoms with Crippen molar-refractivity contribution in [1.29, 1.82) is 0 Å². The van der Waals surface area contributed by atoms with Crippen molar-refractivity contribution in [2.24, 2.45) is 0 Å². The van der Waals surface area contributed by atoms with Crippen LogP contribution in [0.1, 0.15) is 0 Å². The molecule has 0 bridgehead atoms. The first kappa shape index (κ1) is 12.7. The van der Waals surface area contributed by atoms with Gasteiger partial charge in [0.05, 0.1) is 0 Å². The second kappa shape index (κ2) is 5.74. The Morgan fingerprint density at radius 1 is 0.824 bits per heavy atom. The van der Waals surface area contributed by atoms with E-state index in [-0.39, 0.29) is 0 Å². The average molecular weight is 309 g/mol. The van der Waals surface area contributed by atoms with E-state index in [4.69, 9.17) is 0 Å². The van der Waals surface area contributed by atoms with Gasteiger partial charge in [-0.2, -0.15) is 10.0 Å². The number of alkyl halides is 1. The maximum atomic E-state index is 3.60. The molecule has 17 heavy (non-hydrogen) atoms. The van der Waals surface area contributed by atoms with Crippen molar-refractivity contribution >= 4 is 26.0 Å². The molecule has 0 saturated heterocycles.